The van der Waals surface area contributed by atoms with Gasteiger partial charge in [-0.05, 0) is 79.6 Å². The predicted octanol–water partition coefficient (Wildman–Crippen LogP) is 5.28. The van der Waals surface area contributed by atoms with E-state index in [-0.39, 0.29) is 22.2 Å². The van der Waals surface area contributed by atoms with Gasteiger partial charge >= 0.3 is 0 Å². The number of sulfonamides is 1. The summed E-state index contributed by atoms with van der Waals surface area (Å²) in [7, 11) is -2.85. The van der Waals surface area contributed by atoms with Crippen LogP contribution in [0.5, 0.6) is 5.75 Å². The Balaban J connectivity index is 2.02. The Morgan fingerprint density at radius 1 is 1.00 bits per heavy atom. The Hall–Kier alpha value is -3.34. The van der Waals surface area contributed by atoms with Crippen molar-refractivity contribution in [2.75, 3.05) is 24.5 Å². The van der Waals surface area contributed by atoms with Crippen LogP contribution in [0.25, 0.3) is 0 Å². The number of rotatable bonds is 12. The van der Waals surface area contributed by atoms with Crippen molar-refractivity contribution in [3.63, 3.8) is 0 Å². The molecule has 0 spiro atoms. The number of nitrogens with zero attached hydrogens (tertiary/aromatic N) is 2. The maximum atomic E-state index is 13.8. The molecule has 0 aliphatic carbocycles. The zero-order valence-electron chi connectivity index (χ0n) is 22.2. The topological polar surface area (TPSA) is 96.0 Å². The first kappa shape index (κ1) is 31.2. The highest BCUT2D eigenvalue weighted by Gasteiger charge is 2.32. The fourth-order valence-corrected chi connectivity index (χ4v) is 5.56. The minimum absolute atomic E-state index is 0.0454. The van der Waals surface area contributed by atoms with Crippen LogP contribution in [0.2, 0.25) is 10.0 Å². The average molecular weight is 611 g/mol. The van der Waals surface area contributed by atoms with E-state index in [1.165, 1.54) is 48.4 Å². The molecule has 2 amide bonds. The second-order valence-electron chi connectivity index (χ2n) is 8.90. The van der Waals surface area contributed by atoms with E-state index in [2.05, 4.69) is 5.32 Å². The van der Waals surface area contributed by atoms with Crippen molar-refractivity contribution in [1.82, 2.24) is 10.2 Å². The van der Waals surface area contributed by atoms with Crippen molar-refractivity contribution < 1.29 is 27.1 Å². The number of carbonyl (C=O) groups excluding carboxylic acids is 2. The van der Waals surface area contributed by atoms with Gasteiger partial charge in [0.15, 0.2) is 0 Å². The first-order chi connectivity index (χ1) is 19.0. The molecule has 1 atom stereocenters. The largest absolute Gasteiger partial charge is 0.497 e. The number of hydrogen-bond donors (Lipinski definition) is 1. The predicted molar refractivity (Wildman–Crippen MR) is 154 cm³/mol. The minimum atomic E-state index is -4.30. The van der Waals surface area contributed by atoms with Gasteiger partial charge in [0.1, 0.15) is 24.2 Å². The van der Waals surface area contributed by atoms with E-state index < -0.39 is 40.2 Å². The fourth-order valence-electron chi connectivity index (χ4n) is 3.82. The van der Waals surface area contributed by atoms with Gasteiger partial charge in [-0.3, -0.25) is 13.9 Å². The maximum absolute atomic E-state index is 13.8. The van der Waals surface area contributed by atoms with E-state index in [1.54, 1.807) is 25.1 Å². The normalized spacial score (nSPS) is 11.9. The zero-order chi connectivity index (χ0) is 29.4. The van der Waals surface area contributed by atoms with E-state index in [0.717, 1.165) is 16.4 Å². The average Bonchev–Trinajstić information content (AvgIpc) is 2.95. The highest BCUT2D eigenvalue weighted by Crippen LogP contribution is 2.27. The molecule has 0 fully saturated rings. The summed E-state index contributed by atoms with van der Waals surface area (Å²) in [5, 5.41) is 3.36. The number of anilines is 1. The molecule has 0 saturated carbocycles. The Morgan fingerprint density at radius 2 is 1.65 bits per heavy atom. The van der Waals surface area contributed by atoms with Crippen molar-refractivity contribution in [3.05, 3.63) is 88.2 Å². The van der Waals surface area contributed by atoms with Crippen LogP contribution >= 0.6 is 23.2 Å². The Bertz CT molecular complexity index is 1440. The summed E-state index contributed by atoms with van der Waals surface area (Å²) in [4.78, 5) is 27.9. The summed E-state index contributed by atoms with van der Waals surface area (Å²) >= 11 is 12.2. The molecule has 0 aliphatic heterocycles. The fraction of sp³-hybridized carbons (Fsp3) is 0.286. The van der Waals surface area contributed by atoms with Gasteiger partial charge in [-0.1, -0.05) is 36.2 Å². The molecule has 0 heterocycles. The molecule has 0 aromatic heterocycles. The summed E-state index contributed by atoms with van der Waals surface area (Å²) in [6.45, 7) is 3.16. The molecular weight excluding hydrogens is 580 g/mol. The number of halogens is 3. The molecule has 1 N–H and O–H groups in total. The summed E-state index contributed by atoms with van der Waals surface area (Å²) in [5.74, 6) is -1.18. The van der Waals surface area contributed by atoms with Gasteiger partial charge in [0, 0.05) is 13.1 Å². The van der Waals surface area contributed by atoms with E-state index in [9.17, 15) is 22.4 Å². The number of benzene rings is 3. The number of carbonyl (C=O) groups is 2. The standard InChI is InChI=1S/C28H30Cl2FN3O5S/c1-4-15-32-28(36)19(2)33(17-20-5-14-25(29)26(30)16-20)27(35)18-34(22-8-6-21(31)7-9-22)40(37,38)24-12-10-23(39-3)11-13-24/h5-14,16,19H,4,15,17-18H2,1-3H3,(H,32,36)/t19-/m1/s1. The van der Waals surface area contributed by atoms with Crippen LogP contribution in [0.3, 0.4) is 0 Å². The molecule has 3 aromatic rings. The van der Waals surface area contributed by atoms with Crippen LogP contribution in [0.4, 0.5) is 10.1 Å². The number of hydrogen-bond acceptors (Lipinski definition) is 5. The molecule has 0 unspecified atom stereocenters. The van der Waals surface area contributed by atoms with Crippen LogP contribution in [-0.4, -0.2) is 51.4 Å². The third kappa shape index (κ3) is 7.65. The summed E-state index contributed by atoms with van der Waals surface area (Å²) in [6.07, 6.45) is 0.692. The van der Waals surface area contributed by atoms with Crippen molar-refractivity contribution in [3.8, 4) is 5.75 Å². The molecule has 3 aromatic carbocycles. The first-order valence-electron chi connectivity index (χ1n) is 12.4. The second kappa shape index (κ2) is 13.8. The lowest BCUT2D eigenvalue weighted by Crippen LogP contribution is -2.51. The van der Waals surface area contributed by atoms with E-state index in [1.807, 2.05) is 6.92 Å². The smallest absolute Gasteiger partial charge is 0.264 e. The molecule has 0 aliphatic rings. The van der Waals surface area contributed by atoms with Crippen molar-refractivity contribution in [2.24, 2.45) is 0 Å². The Kier molecular flexibility index (Phi) is 10.8. The second-order valence-corrected chi connectivity index (χ2v) is 11.6. The van der Waals surface area contributed by atoms with Crippen LogP contribution in [0, 0.1) is 5.82 Å². The SMILES string of the molecule is CCCNC(=O)[C@@H](C)N(Cc1ccc(Cl)c(Cl)c1)C(=O)CN(c1ccc(F)cc1)S(=O)(=O)c1ccc(OC)cc1. The quantitative estimate of drug-likeness (QED) is 0.301. The van der Waals surface area contributed by atoms with E-state index >= 15 is 0 Å². The number of amides is 2. The molecule has 0 saturated heterocycles. The summed E-state index contributed by atoms with van der Waals surface area (Å²) < 4.78 is 47.3. The molecule has 0 radical (unpaired) electrons. The van der Waals surface area contributed by atoms with Crippen molar-refractivity contribution in [2.45, 2.75) is 37.8 Å². The van der Waals surface area contributed by atoms with Gasteiger partial charge in [0.25, 0.3) is 10.0 Å². The molecule has 3 rings (SSSR count). The van der Waals surface area contributed by atoms with Gasteiger partial charge in [-0.15, -0.1) is 0 Å². The number of methoxy groups -OCH3 is 1. The third-order valence-electron chi connectivity index (χ3n) is 6.09. The van der Waals surface area contributed by atoms with Crippen LogP contribution in [-0.2, 0) is 26.2 Å². The summed E-state index contributed by atoms with van der Waals surface area (Å²) in [5.41, 5.74) is 0.660. The third-order valence-corrected chi connectivity index (χ3v) is 8.62. The van der Waals surface area contributed by atoms with Gasteiger partial charge in [-0.2, -0.15) is 0 Å². The van der Waals surface area contributed by atoms with Gasteiger partial charge in [-0.25, -0.2) is 12.8 Å². The first-order valence-corrected chi connectivity index (χ1v) is 14.6. The van der Waals surface area contributed by atoms with Gasteiger partial charge in [0.05, 0.1) is 27.7 Å². The Labute approximate surface area is 243 Å². The maximum Gasteiger partial charge on any atom is 0.264 e. The van der Waals surface area contributed by atoms with E-state index in [0.29, 0.717) is 29.3 Å². The summed E-state index contributed by atoms with van der Waals surface area (Å²) in [6, 6.07) is 14.3. The molecule has 8 nitrogen and oxygen atoms in total. The Morgan fingerprint density at radius 3 is 2.23 bits per heavy atom. The molecular formula is C28H30Cl2FN3O5S. The van der Waals surface area contributed by atoms with Crippen molar-refractivity contribution >= 4 is 50.7 Å². The lowest BCUT2D eigenvalue weighted by atomic mass is 10.1. The monoisotopic (exact) mass is 609 g/mol. The number of ether oxygens (including phenoxy) is 1. The highest BCUT2D eigenvalue weighted by atomic mass is 35.5. The van der Waals surface area contributed by atoms with Crippen LogP contribution in [0.15, 0.2) is 71.6 Å². The minimum Gasteiger partial charge on any atom is -0.497 e. The molecule has 214 valence electrons. The molecule has 40 heavy (non-hydrogen) atoms. The lowest BCUT2D eigenvalue weighted by Gasteiger charge is -2.32. The molecule has 12 heteroatoms. The van der Waals surface area contributed by atoms with Gasteiger partial charge < -0.3 is 15.0 Å². The van der Waals surface area contributed by atoms with Crippen LogP contribution < -0.4 is 14.4 Å². The molecule has 0 bridgehead atoms. The lowest BCUT2D eigenvalue weighted by molar-refractivity contribution is -0.139. The number of nitrogens with one attached hydrogen (secondary N) is 1. The van der Waals surface area contributed by atoms with E-state index in [4.69, 9.17) is 27.9 Å². The zero-order valence-corrected chi connectivity index (χ0v) is 24.6. The van der Waals surface area contributed by atoms with Gasteiger partial charge in [0.2, 0.25) is 11.8 Å². The highest BCUT2D eigenvalue weighted by molar-refractivity contribution is 7.92. The van der Waals surface area contributed by atoms with Crippen molar-refractivity contribution in [1.29, 1.82) is 0 Å². The van der Waals surface area contributed by atoms with Crippen LogP contribution in [0.1, 0.15) is 25.8 Å².